The Kier molecular flexibility index (Phi) is 5.04. The first-order valence-electron chi connectivity index (χ1n) is 7.39. The largest absolute Gasteiger partial charge is 0.316 e. The molecule has 1 N–H and O–H groups in total. The van der Waals surface area contributed by atoms with Crippen LogP contribution in [0.25, 0.3) is 0 Å². The van der Waals surface area contributed by atoms with Gasteiger partial charge in [0.1, 0.15) is 0 Å². The molecule has 0 fully saturated rings. The third kappa shape index (κ3) is 3.71. The summed E-state index contributed by atoms with van der Waals surface area (Å²) < 4.78 is 1.15. The van der Waals surface area contributed by atoms with Crippen LogP contribution in [0.1, 0.15) is 23.5 Å². The highest BCUT2D eigenvalue weighted by Crippen LogP contribution is 2.38. The van der Waals surface area contributed by atoms with Gasteiger partial charge in [0.05, 0.1) is 0 Å². The molecule has 2 aromatic rings. The Bertz CT molecular complexity index is 614. The van der Waals surface area contributed by atoms with Crippen molar-refractivity contribution in [3.05, 3.63) is 64.1 Å². The molecule has 0 saturated carbocycles. The van der Waals surface area contributed by atoms with Crippen LogP contribution in [0.5, 0.6) is 0 Å². The van der Waals surface area contributed by atoms with Crippen molar-refractivity contribution in [3.63, 3.8) is 0 Å². The number of benzene rings is 2. The first kappa shape index (κ1) is 15.1. The van der Waals surface area contributed by atoms with Crippen molar-refractivity contribution in [2.75, 3.05) is 12.8 Å². The number of nitrogens with one attached hydrogen (secondary N) is 1. The standard InChI is InChI=1S/C18H20BrNS/c1-20-16(12-21-17-7-4-6-15(19)11-17)10-14-9-13-5-2-3-8-18(13)14/h2-8,11,14,16,20H,9-10,12H2,1H3. The van der Waals surface area contributed by atoms with Crippen LogP contribution in [0.2, 0.25) is 0 Å². The minimum Gasteiger partial charge on any atom is -0.316 e. The predicted molar refractivity (Wildman–Crippen MR) is 95.2 cm³/mol. The lowest BCUT2D eigenvalue weighted by Crippen LogP contribution is -2.32. The summed E-state index contributed by atoms with van der Waals surface area (Å²) in [5.74, 6) is 1.85. The van der Waals surface area contributed by atoms with E-state index < -0.39 is 0 Å². The third-order valence-electron chi connectivity index (χ3n) is 4.19. The Morgan fingerprint density at radius 1 is 1.24 bits per heavy atom. The van der Waals surface area contributed by atoms with Gasteiger partial charge in [-0.2, -0.15) is 0 Å². The summed E-state index contributed by atoms with van der Waals surface area (Å²) in [6.45, 7) is 0. The fourth-order valence-electron chi connectivity index (χ4n) is 2.94. The van der Waals surface area contributed by atoms with Gasteiger partial charge in [-0.25, -0.2) is 0 Å². The molecule has 0 aromatic heterocycles. The highest BCUT2D eigenvalue weighted by atomic mass is 79.9. The van der Waals surface area contributed by atoms with E-state index in [2.05, 4.69) is 76.8 Å². The Morgan fingerprint density at radius 2 is 2.10 bits per heavy atom. The van der Waals surface area contributed by atoms with Crippen molar-refractivity contribution in [3.8, 4) is 0 Å². The SMILES string of the molecule is CNC(CSc1cccc(Br)c1)CC1Cc2ccccc21. The lowest BCUT2D eigenvalue weighted by atomic mass is 9.74. The summed E-state index contributed by atoms with van der Waals surface area (Å²) >= 11 is 5.47. The molecule has 1 aliphatic rings. The van der Waals surface area contributed by atoms with Crippen LogP contribution in [0.15, 0.2) is 57.9 Å². The summed E-state index contributed by atoms with van der Waals surface area (Å²) in [6.07, 6.45) is 2.48. The number of thioether (sulfide) groups is 1. The lowest BCUT2D eigenvalue weighted by Gasteiger charge is -2.33. The Hall–Kier alpha value is -0.770. The second-order valence-electron chi connectivity index (χ2n) is 5.59. The molecule has 0 bridgehead atoms. The molecule has 1 nitrogen and oxygen atoms in total. The van der Waals surface area contributed by atoms with E-state index in [4.69, 9.17) is 0 Å². The van der Waals surface area contributed by atoms with Gasteiger partial charge in [-0.3, -0.25) is 0 Å². The van der Waals surface area contributed by atoms with E-state index in [-0.39, 0.29) is 0 Å². The van der Waals surface area contributed by atoms with Gasteiger partial charge < -0.3 is 5.32 Å². The fraction of sp³-hybridized carbons (Fsp3) is 0.333. The Labute approximate surface area is 139 Å². The zero-order valence-electron chi connectivity index (χ0n) is 12.2. The normalized spacial score (nSPS) is 17.9. The van der Waals surface area contributed by atoms with E-state index in [1.54, 1.807) is 5.56 Å². The highest BCUT2D eigenvalue weighted by molar-refractivity contribution is 9.10. The molecule has 2 unspecified atom stereocenters. The van der Waals surface area contributed by atoms with E-state index in [0.29, 0.717) is 6.04 Å². The fourth-order valence-corrected chi connectivity index (χ4v) is 4.57. The van der Waals surface area contributed by atoms with Crippen LogP contribution in [-0.2, 0) is 6.42 Å². The molecule has 3 heteroatoms. The maximum atomic E-state index is 3.54. The van der Waals surface area contributed by atoms with E-state index in [1.165, 1.54) is 23.3 Å². The summed E-state index contributed by atoms with van der Waals surface area (Å²) in [4.78, 5) is 1.33. The summed E-state index contributed by atoms with van der Waals surface area (Å²) in [7, 11) is 2.08. The molecule has 0 heterocycles. The molecule has 2 atom stereocenters. The van der Waals surface area contributed by atoms with Crippen LogP contribution in [0.4, 0.5) is 0 Å². The van der Waals surface area contributed by atoms with Gasteiger partial charge in [-0.1, -0.05) is 46.3 Å². The third-order valence-corrected chi connectivity index (χ3v) is 5.84. The van der Waals surface area contributed by atoms with Gasteiger partial charge in [0, 0.05) is 21.2 Å². The second kappa shape index (κ2) is 6.99. The molecule has 21 heavy (non-hydrogen) atoms. The molecule has 110 valence electrons. The summed E-state index contributed by atoms with van der Waals surface area (Å²) in [5, 5.41) is 3.48. The number of hydrogen-bond donors (Lipinski definition) is 1. The zero-order valence-corrected chi connectivity index (χ0v) is 14.6. The van der Waals surface area contributed by atoms with E-state index >= 15 is 0 Å². The monoisotopic (exact) mass is 361 g/mol. The predicted octanol–water partition coefficient (Wildman–Crippen LogP) is 4.86. The number of hydrogen-bond acceptors (Lipinski definition) is 2. The molecule has 0 amide bonds. The summed E-state index contributed by atoms with van der Waals surface area (Å²) in [6, 6.07) is 18.0. The van der Waals surface area contributed by atoms with Crippen LogP contribution >= 0.6 is 27.7 Å². The van der Waals surface area contributed by atoms with Gasteiger partial charge in [0.25, 0.3) is 0 Å². The molecular formula is C18H20BrNS. The van der Waals surface area contributed by atoms with Crippen molar-refractivity contribution in [2.45, 2.75) is 29.7 Å². The van der Waals surface area contributed by atoms with Gasteiger partial charge in [0.15, 0.2) is 0 Å². The second-order valence-corrected chi connectivity index (χ2v) is 7.60. The highest BCUT2D eigenvalue weighted by Gasteiger charge is 2.27. The van der Waals surface area contributed by atoms with Crippen LogP contribution in [-0.4, -0.2) is 18.8 Å². The lowest BCUT2D eigenvalue weighted by molar-refractivity contribution is 0.468. The summed E-state index contributed by atoms with van der Waals surface area (Å²) in [5.41, 5.74) is 3.10. The minimum absolute atomic E-state index is 0.562. The number of rotatable bonds is 6. The molecule has 0 spiro atoms. The Morgan fingerprint density at radius 3 is 2.86 bits per heavy atom. The van der Waals surface area contributed by atoms with Gasteiger partial charge >= 0.3 is 0 Å². The minimum atomic E-state index is 0.562. The van der Waals surface area contributed by atoms with E-state index in [1.807, 2.05) is 11.8 Å². The topological polar surface area (TPSA) is 12.0 Å². The molecule has 1 aliphatic carbocycles. The van der Waals surface area contributed by atoms with Gasteiger partial charge in [-0.05, 0) is 55.1 Å². The van der Waals surface area contributed by atoms with Gasteiger partial charge in [-0.15, -0.1) is 11.8 Å². The average molecular weight is 362 g/mol. The molecular weight excluding hydrogens is 342 g/mol. The average Bonchev–Trinajstić information content (AvgIpc) is 2.48. The zero-order chi connectivity index (χ0) is 14.7. The van der Waals surface area contributed by atoms with E-state index in [9.17, 15) is 0 Å². The smallest absolute Gasteiger partial charge is 0.0186 e. The number of fused-ring (bicyclic) bond motifs is 1. The van der Waals surface area contributed by atoms with Crippen LogP contribution in [0.3, 0.4) is 0 Å². The number of halogens is 1. The van der Waals surface area contributed by atoms with Crippen molar-refractivity contribution in [1.29, 1.82) is 0 Å². The molecule has 0 saturated heterocycles. The maximum absolute atomic E-state index is 3.54. The Balaban J connectivity index is 1.55. The van der Waals surface area contributed by atoms with Gasteiger partial charge in [0.2, 0.25) is 0 Å². The van der Waals surface area contributed by atoms with E-state index in [0.717, 1.165) is 16.1 Å². The van der Waals surface area contributed by atoms with Crippen molar-refractivity contribution in [1.82, 2.24) is 5.32 Å². The van der Waals surface area contributed by atoms with Crippen molar-refractivity contribution < 1.29 is 0 Å². The first-order chi connectivity index (χ1) is 10.3. The van der Waals surface area contributed by atoms with Crippen LogP contribution < -0.4 is 5.32 Å². The van der Waals surface area contributed by atoms with Crippen LogP contribution in [0, 0.1) is 0 Å². The van der Waals surface area contributed by atoms with Crippen molar-refractivity contribution in [2.24, 2.45) is 0 Å². The molecule has 2 aromatic carbocycles. The molecule has 0 aliphatic heterocycles. The molecule has 0 radical (unpaired) electrons. The molecule has 3 rings (SSSR count). The first-order valence-corrected chi connectivity index (χ1v) is 9.17. The van der Waals surface area contributed by atoms with Crippen molar-refractivity contribution >= 4 is 27.7 Å². The quantitative estimate of drug-likeness (QED) is 0.737. The maximum Gasteiger partial charge on any atom is 0.0186 e.